The maximum Gasteiger partial charge on any atom is 0.139 e. The van der Waals surface area contributed by atoms with E-state index in [0.29, 0.717) is 6.73 Å². The molecule has 0 radical (unpaired) electrons. The summed E-state index contributed by atoms with van der Waals surface area (Å²) in [5.41, 5.74) is 2.35. The highest BCUT2D eigenvalue weighted by atomic mass is 16.5. The molecule has 0 amide bonds. The molecule has 0 aliphatic carbocycles. The maximum atomic E-state index is 5.38. The van der Waals surface area contributed by atoms with E-state index in [1.165, 1.54) is 5.56 Å². The highest BCUT2D eigenvalue weighted by Gasteiger charge is 2.08. The van der Waals surface area contributed by atoms with E-state index in [4.69, 9.17) is 4.74 Å². The molecule has 1 aliphatic rings. The van der Waals surface area contributed by atoms with Crippen molar-refractivity contribution in [3.05, 3.63) is 35.9 Å². The van der Waals surface area contributed by atoms with Gasteiger partial charge in [0.15, 0.2) is 0 Å². The van der Waals surface area contributed by atoms with Gasteiger partial charge in [-0.25, -0.2) is 0 Å². The molecule has 0 aromatic heterocycles. The molecule has 0 saturated heterocycles. The van der Waals surface area contributed by atoms with Gasteiger partial charge in [0.05, 0.1) is 0 Å². The Balaban J connectivity index is 2.42. The number of nitrogens with one attached hydrogen (secondary N) is 1. The molecule has 1 N–H and O–H groups in total. The van der Waals surface area contributed by atoms with Gasteiger partial charge in [-0.3, -0.25) is 5.32 Å². The average molecular weight is 161 g/mol. The molecule has 1 aromatic rings. The minimum atomic E-state index is 0.612. The Morgan fingerprint density at radius 1 is 1.50 bits per heavy atom. The zero-order valence-electron chi connectivity index (χ0n) is 6.84. The lowest BCUT2D eigenvalue weighted by Gasteiger charge is -2.18. The van der Waals surface area contributed by atoms with Crippen LogP contribution in [0.1, 0.15) is 11.1 Å². The van der Waals surface area contributed by atoms with Crippen LogP contribution in [0.4, 0.5) is 0 Å². The number of hydrogen-bond donors (Lipinski definition) is 1. The zero-order valence-corrected chi connectivity index (χ0v) is 6.84. The molecule has 0 spiro atoms. The number of hydrogen-bond acceptors (Lipinski definition) is 2. The molecule has 1 heterocycles. The van der Waals surface area contributed by atoms with Gasteiger partial charge in [-0.1, -0.05) is 18.7 Å². The van der Waals surface area contributed by atoms with Crippen LogP contribution in [0.2, 0.25) is 0 Å². The van der Waals surface area contributed by atoms with Crippen LogP contribution in [-0.2, 0) is 6.54 Å². The predicted molar refractivity (Wildman–Crippen MR) is 48.9 cm³/mol. The third kappa shape index (κ3) is 1.21. The minimum absolute atomic E-state index is 0.612. The molecule has 0 bridgehead atoms. The first-order valence-electron chi connectivity index (χ1n) is 3.99. The van der Waals surface area contributed by atoms with Crippen LogP contribution in [-0.4, -0.2) is 6.73 Å². The molecule has 1 aliphatic heterocycles. The number of benzene rings is 1. The van der Waals surface area contributed by atoms with Gasteiger partial charge < -0.3 is 4.74 Å². The van der Waals surface area contributed by atoms with E-state index in [-0.39, 0.29) is 0 Å². The Kier molecular flexibility index (Phi) is 1.84. The molecule has 2 rings (SSSR count). The van der Waals surface area contributed by atoms with Crippen LogP contribution >= 0.6 is 0 Å². The molecular formula is C10H11NO. The van der Waals surface area contributed by atoms with Crippen LogP contribution in [0.15, 0.2) is 24.8 Å². The number of ether oxygens (including phenoxy) is 1. The highest BCUT2D eigenvalue weighted by Crippen LogP contribution is 2.22. The first-order valence-corrected chi connectivity index (χ1v) is 3.99. The Morgan fingerprint density at radius 2 is 2.42 bits per heavy atom. The summed E-state index contributed by atoms with van der Waals surface area (Å²) in [6.45, 7) is 5.22. The van der Waals surface area contributed by atoms with Gasteiger partial charge in [-0.2, -0.15) is 0 Å². The Hall–Kier alpha value is -1.28. The first kappa shape index (κ1) is 7.37. The van der Waals surface area contributed by atoms with Crippen molar-refractivity contribution in [2.45, 2.75) is 6.54 Å². The normalized spacial score (nSPS) is 14.7. The van der Waals surface area contributed by atoms with Crippen molar-refractivity contribution in [3.63, 3.8) is 0 Å². The second-order valence-electron chi connectivity index (χ2n) is 2.79. The average Bonchev–Trinajstić information content (AvgIpc) is 2.17. The van der Waals surface area contributed by atoms with Gasteiger partial charge in [0.25, 0.3) is 0 Å². The number of rotatable bonds is 1. The van der Waals surface area contributed by atoms with E-state index in [9.17, 15) is 0 Å². The molecule has 0 saturated carbocycles. The van der Waals surface area contributed by atoms with Crippen LogP contribution in [0.3, 0.4) is 0 Å². The van der Waals surface area contributed by atoms with Crippen LogP contribution in [0.5, 0.6) is 5.75 Å². The molecule has 0 atom stereocenters. The predicted octanol–water partition coefficient (Wildman–Crippen LogP) is 1.77. The van der Waals surface area contributed by atoms with Crippen molar-refractivity contribution in [2.75, 3.05) is 6.73 Å². The van der Waals surface area contributed by atoms with Crippen molar-refractivity contribution >= 4 is 6.08 Å². The zero-order chi connectivity index (χ0) is 8.39. The van der Waals surface area contributed by atoms with Crippen LogP contribution in [0, 0.1) is 0 Å². The maximum absolute atomic E-state index is 5.38. The molecule has 1 aromatic carbocycles. The Labute approximate surface area is 71.9 Å². The Bertz CT molecular complexity index is 307. The minimum Gasteiger partial charge on any atom is -0.478 e. The molecule has 62 valence electrons. The topological polar surface area (TPSA) is 21.3 Å². The largest absolute Gasteiger partial charge is 0.478 e. The monoisotopic (exact) mass is 161 g/mol. The smallest absolute Gasteiger partial charge is 0.139 e. The lowest BCUT2D eigenvalue weighted by Crippen LogP contribution is -2.25. The van der Waals surface area contributed by atoms with E-state index in [1.807, 2.05) is 18.2 Å². The van der Waals surface area contributed by atoms with Crippen molar-refractivity contribution in [1.29, 1.82) is 0 Å². The molecule has 0 unspecified atom stereocenters. The second kappa shape index (κ2) is 2.99. The summed E-state index contributed by atoms with van der Waals surface area (Å²) in [6, 6.07) is 6.10. The molecule has 12 heavy (non-hydrogen) atoms. The second-order valence-corrected chi connectivity index (χ2v) is 2.79. The standard InChI is InChI=1S/C10H11NO/c1-2-8-3-4-10-9(5-8)6-11-7-12-10/h2-5,11H,1,6-7H2. The quantitative estimate of drug-likeness (QED) is 0.677. The fourth-order valence-corrected chi connectivity index (χ4v) is 1.32. The van der Waals surface area contributed by atoms with Crippen molar-refractivity contribution in [2.24, 2.45) is 0 Å². The Morgan fingerprint density at radius 3 is 3.25 bits per heavy atom. The van der Waals surface area contributed by atoms with E-state index in [2.05, 4.69) is 18.0 Å². The number of fused-ring (bicyclic) bond motifs is 1. The molecule has 2 heteroatoms. The summed E-state index contributed by atoms with van der Waals surface area (Å²) in [4.78, 5) is 0. The summed E-state index contributed by atoms with van der Waals surface area (Å²) in [5, 5.41) is 3.14. The summed E-state index contributed by atoms with van der Waals surface area (Å²) >= 11 is 0. The van der Waals surface area contributed by atoms with E-state index < -0.39 is 0 Å². The van der Waals surface area contributed by atoms with Gasteiger partial charge in [0.1, 0.15) is 12.5 Å². The summed E-state index contributed by atoms with van der Waals surface area (Å²) in [7, 11) is 0. The van der Waals surface area contributed by atoms with E-state index in [1.54, 1.807) is 0 Å². The molecule has 2 nitrogen and oxygen atoms in total. The summed E-state index contributed by atoms with van der Waals surface area (Å²) in [6.07, 6.45) is 1.84. The molecule has 0 fully saturated rings. The molecular weight excluding hydrogens is 150 g/mol. The summed E-state index contributed by atoms with van der Waals surface area (Å²) in [5.74, 6) is 0.986. The van der Waals surface area contributed by atoms with Gasteiger partial charge in [0.2, 0.25) is 0 Å². The lowest BCUT2D eigenvalue weighted by atomic mass is 10.1. The van der Waals surface area contributed by atoms with Gasteiger partial charge in [0, 0.05) is 12.1 Å². The van der Waals surface area contributed by atoms with Gasteiger partial charge >= 0.3 is 0 Å². The van der Waals surface area contributed by atoms with Crippen molar-refractivity contribution < 1.29 is 4.74 Å². The third-order valence-electron chi connectivity index (χ3n) is 1.97. The van der Waals surface area contributed by atoms with E-state index in [0.717, 1.165) is 17.9 Å². The van der Waals surface area contributed by atoms with Crippen molar-refractivity contribution in [1.82, 2.24) is 5.32 Å². The fourth-order valence-electron chi connectivity index (χ4n) is 1.32. The SMILES string of the molecule is C=Cc1ccc2c(c1)CNCO2. The van der Waals surface area contributed by atoms with Gasteiger partial charge in [-0.05, 0) is 17.7 Å². The first-order chi connectivity index (χ1) is 5.90. The van der Waals surface area contributed by atoms with Crippen molar-refractivity contribution in [3.8, 4) is 5.75 Å². The third-order valence-corrected chi connectivity index (χ3v) is 1.97. The highest BCUT2D eigenvalue weighted by molar-refractivity contribution is 5.51. The lowest BCUT2D eigenvalue weighted by molar-refractivity contribution is 0.257. The fraction of sp³-hybridized carbons (Fsp3) is 0.200. The van der Waals surface area contributed by atoms with Crippen LogP contribution in [0.25, 0.3) is 6.08 Å². The van der Waals surface area contributed by atoms with E-state index >= 15 is 0 Å². The summed E-state index contributed by atoms with van der Waals surface area (Å²) < 4.78 is 5.38. The van der Waals surface area contributed by atoms with Crippen LogP contribution < -0.4 is 10.1 Å². The van der Waals surface area contributed by atoms with Gasteiger partial charge in [-0.15, -0.1) is 0 Å².